The Balaban J connectivity index is 3.42. The fourth-order valence-corrected chi connectivity index (χ4v) is 1.57. The molecule has 0 amide bonds. The molecule has 0 N–H and O–H groups in total. The van der Waals surface area contributed by atoms with E-state index in [0.717, 1.165) is 12.8 Å². The number of rotatable bonds is 3. The fourth-order valence-electron chi connectivity index (χ4n) is 0.407. The maximum atomic E-state index is 10.8. The fraction of sp³-hybridized carbons (Fsp3) is 1.00. The summed E-state index contributed by atoms with van der Waals surface area (Å²) >= 11 is 4.68. The van der Waals surface area contributed by atoms with E-state index in [2.05, 4.69) is 18.1 Å². The maximum Gasteiger partial charge on any atom is 0.0281 e. The Morgan fingerprint density at radius 3 is 2.25 bits per heavy atom. The first-order valence-corrected chi connectivity index (χ1v) is 5.80. The van der Waals surface area contributed by atoms with E-state index in [-0.39, 0.29) is 0 Å². The molecule has 0 aromatic heterocycles. The highest BCUT2D eigenvalue weighted by Crippen LogP contribution is 1.92. The van der Waals surface area contributed by atoms with Crippen LogP contribution >= 0.6 is 0 Å². The molecule has 0 heterocycles. The highest BCUT2D eigenvalue weighted by atomic mass is 32.8. The molecule has 0 aliphatic heterocycles. The Hall–Kier alpha value is 0.370. The van der Waals surface area contributed by atoms with E-state index in [1.54, 1.807) is 6.26 Å². The minimum absolute atomic E-state index is 0.707. The van der Waals surface area contributed by atoms with Crippen LogP contribution in [-0.2, 0) is 19.7 Å². The van der Waals surface area contributed by atoms with Gasteiger partial charge in [0.25, 0.3) is 0 Å². The van der Waals surface area contributed by atoms with E-state index in [0.29, 0.717) is 5.75 Å². The number of hydrogen-bond acceptors (Lipinski definition) is 2. The SMILES string of the molecule is CCCCS(C)(=O)=S. The van der Waals surface area contributed by atoms with Gasteiger partial charge in [-0.1, -0.05) is 13.3 Å². The molecule has 1 atom stereocenters. The second kappa shape index (κ2) is 3.41. The Bertz CT molecular complexity index is 135. The molecule has 0 fully saturated rings. The third kappa shape index (κ3) is 6.37. The predicted molar refractivity (Wildman–Crippen MR) is 41.2 cm³/mol. The Morgan fingerprint density at radius 1 is 1.62 bits per heavy atom. The maximum absolute atomic E-state index is 10.8. The smallest absolute Gasteiger partial charge is 0.0281 e. The lowest BCUT2D eigenvalue weighted by molar-refractivity contribution is 0.682. The van der Waals surface area contributed by atoms with Crippen molar-refractivity contribution in [3.63, 3.8) is 0 Å². The van der Waals surface area contributed by atoms with Gasteiger partial charge in [0.1, 0.15) is 0 Å². The van der Waals surface area contributed by atoms with Crippen molar-refractivity contribution in [3.05, 3.63) is 0 Å². The molecule has 0 aromatic carbocycles. The summed E-state index contributed by atoms with van der Waals surface area (Å²) < 4.78 is 10.8. The van der Waals surface area contributed by atoms with Gasteiger partial charge in [0.05, 0.1) is 0 Å². The van der Waals surface area contributed by atoms with Crippen LogP contribution < -0.4 is 0 Å². The van der Waals surface area contributed by atoms with Gasteiger partial charge in [-0.3, -0.25) is 4.21 Å². The van der Waals surface area contributed by atoms with Crippen LogP contribution in [0.25, 0.3) is 0 Å². The summed E-state index contributed by atoms with van der Waals surface area (Å²) in [4.78, 5) is 0. The summed E-state index contributed by atoms with van der Waals surface area (Å²) in [6, 6.07) is 0. The van der Waals surface area contributed by atoms with E-state index in [4.69, 9.17) is 0 Å². The second-order valence-corrected chi connectivity index (χ2v) is 6.36. The summed E-state index contributed by atoms with van der Waals surface area (Å²) in [5.74, 6) is 0.707. The summed E-state index contributed by atoms with van der Waals surface area (Å²) in [5.41, 5.74) is 0. The molecule has 0 radical (unpaired) electrons. The second-order valence-electron chi connectivity index (χ2n) is 1.98. The monoisotopic (exact) mass is 152 g/mol. The Morgan fingerprint density at radius 2 is 2.12 bits per heavy atom. The molecule has 1 nitrogen and oxygen atoms in total. The molecule has 0 rings (SSSR count). The van der Waals surface area contributed by atoms with Crippen molar-refractivity contribution >= 4 is 19.7 Å². The zero-order valence-corrected chi connectivity index (χ0v) is 6.98. The summed E-state index contributed by atoms with van der Waals surface area (Å²) in [7, 11) is -1.85. The Labute approximate surface area is 56.2 Å². The molecule has 0 saturated heterocycles. The predicted octanol–water partition coefficient (Wildman–Crippen LogP) is 1.16. The Kier molecular flexibility index (Phi) is 3.56. The van der Waals surface area contributed by atoms with E-state index < -0.39 is 8.49 Å². The van der Waals surface area contributed by atoms with Crippen molar-refractivity contribution in [2.75, 3.05) is 12.0 Å². The van der Waals surface area contributed by atoms with Gasteiger partial charge in [-0.15, -0.1) is 0 Å². The largest absolute Gasteiger partial charge is 0.257 e. The van der Waals surface area contributed by atoms with Crippen LogP contribution in [0.1, 0.15) is 19.8 Å². The van der Waals surface area contributed by atoms with Crippen molar-refractivity contribution in [2.24, 2.45) is 0 Å². The van der Waals surface area contributed by atoms with Gasteiger partial charge in [0, 0.05) is 20.5 Å². The molecule has 0 saturated carbocycles. The van der Waals surface area contributed by atoms with Crippen molar-refractivity contribution in [2.45, 2.75) is 19.8 Å². The van der Waals surface area contributed by atoms with E-state index in [9.17, 15) is 4.21 Å². The molecule has 0 aliphatic rings. The number of unbranched alkanes of at least 4 members (excludes halogenated alkanes) is 1. The number of hydrogen-bond donors (Lipinski definition) is 0. The van der Waals surface area contributed by atoms with Crippen LogP contribution in [-0.4, -0.2) is 16.2 Å². The van der Waals surface area contributed by atoms with Crippen molar-refractivity contribution in [3.8, 4) is 0 Å². The zero-order chi connectivity index (χ0) is 6.62. The summed E-state index contributed by atoms with van der Waals surface area (Å²) in [6.07, 6.45) is 3.72. The van der Waals surface area contributed by atoms with Crippen molar-refractivity contribution in [1.29, 1.82) is 0 Å². The van der Waals surface area contributed by atoms with Gasteiger partial charge in [0.2, 0.25) is 0 Å². The molecule has 8 heavy (non-hydrogen) atoms. The highest BCUT2D eigenvalue weighted by molar-refractivity contribution is 8.32. The third-order valence-corrected chi connectivity index (χ3v) is 2.40. The van der Waals surface area contributed by atoms with Gasteiger partial charge in [0.15, 0.2) is 0 Å². The average molecular weight is 152 g/mol. The summed E-state index contributed by atoms with van der Waals surface area (Å²) in [5, 5.41) is 0. The third-order valence-electron chi connectivity index (χ3n) is 0.869. The van der Waals surface area contributed by atoms with Crippen molar-refractivity contribution in [1.82, 2.24) is 0 Å². The van der Waals surface area contributed by atoms with E-state index >= 15 is 0 Å². The quantitative estimate of drug-likeness (QED) is 0.604. The lowest BCUT2D eigenvalue weighted by atomic mass is 10.4. The van der Waals surface area contributed by atoms with Crippen LogP contribution in [0.3, 0.4) is 0 Å². The minimum Gasteiger partial charge on any atom is -0.257 e. The molecular weight excluding hydrogens is 140 g/mol. The molecule has 0 spiro atoms. The van der Waals surface area contributed by atoms with Gasteiger partial charge in [-0.05, 0) is 17.6 Å². The van der Waals surface area contributed by atoms with Crippen LogP contribution in [0.4, 0.5) is 0 Å². The molecular formula is C5H12OS2. The van der Waals surface area contributed by atoms with Crippen LogP contribution in [0.5, 0.6) is 0 Å². The molecule has 50 valence electrons. The molecule has 3 heteroatoms. The first kappa shape index (κ1) is 8.37. The van der Waals surface area contributed by atoms with Gasteiger partial charge in [-0.2, -0.15) is 0 Å². The van der Waals surface area contributed by atoms with Gasteiger partial charge in [-0.25, -0.2) is 0 Å². The topological polar surface area (TPSA) is 17.1 Å². The molecule has 0 aliphatic carbocycles. The van der Waals surface area contributed by atoms with Crippen LogP contribution in [0.15, 0.2) is 0 Å². The lowest BCUT2D eigenvalue weighted by Gasteiger charge is -1.94. The lowest BCUT2D eigenvalue weighted by Crippen LogP contribution is -1.99. The normalized spacial score (nSPS) is 17.8. The van der Waals surface area contributed by atoms with Gasteiger partial charge >= 0.3 is 0 Å². The highest BCUT2D eigenvalue weighted by Gasteiger charge is 1.93. The minimum atomic E-state index is -1.85. The van der Waals surface area contributed by atoms with Gasteiger partial charge < -0.3 is 0 Å². The molecule has 0 bridgehead atoms. The molecule has 0 aromatic rings. The molecule has 1 unspecified atom stereocenters. The van der Waals surface area contributed by atoms with Crippen molar-refractivity contribution < 1.29 is 4.21 Å². The first-order valence-electron chi connectivity index (χ1n) is 2.74. The van der Waals surface area contributed by atoms with E-state index in [1.807, 2.05) is 0 Å². The zero-order valence-electron chi connectivity index (χ0n) is 5.35. The first-order chi connectivity index (χ1) is 3.56. The van der Waals surface area contributed by atoms with E-state index in [1.165, 1.54) is 0 Å². The van der Waals surface area contributed by atoms with Crippen LogP contribution in [0, 0.1) is 0 Å². The summed E-state index contributed by atoms with van der Waals surface area (Å²) in [6.45, 7) is 2.07. The van der Waals surface area contributed by atoms with Crippen LogP contribution in [0.2, 0.25) is 0 Å². The average Bonchev–Trinajstić information content (AvgIpc) is 1.59. The standard InChI is InChI=1S/C5H12OS2/c1-3-4-5-8(2,6)7/h3-5H2,1-2H3.